The van der Waals surface area contributed by atoms with Crippen LogP contribution >= 0.6 is 0 Å². The van der Waals surface area contributed by atoms with Crippen LogP contribution in [0.4, 0.5) is 0 Å². The molecule has 0 radical (unpaired) electrons. The Morgan fingerprint density at radius 2 is 0.278 bits per heavy atom. The molecule has 9 N–H and O–H groups in total. The van der Waals surface area contributed by atoms with E-state index in [4.69, 9.17) is 46.0 Å². The lowest BCUT2D eigenvalue weighted by Gasteiger charge is -1.72. The van der Waals surface area contributed by atoms with Gasteiger partial charge >= 0.3 is 53.7 Å². The minimum absolute atomic E-state index is 0.181. The van der Waals surface area contributed by atoms with E-state index >= 15 is 0 Å². The number of rotatable bonds is 9. The lowest BCUT2D eigenvalue weighted by Crippen LogP contribution is -1.88. The van der Waals surface area contributed by atoms with E-state index in [0.717, 1.165) is 0 Å². The minimum atomic E-state index is -0.947. The molecule has 0 aliphatic carbocycles. The number of carbonyl (C=O) groups is 9. The average Bonchev–Trinajstić information content (AvgIpc) is 2.99. The first kappa shape index (κ1) is 67.4. The SMILES string of the molecule is C#CCC(=O)O.C#CCC(=O)O.C#CCC(=O)O.C#CCC(=O)O.C#CCC(=O)O.C#CCC(=O)O.C#CCC(=O)O.C#CCC(=O)O.C#CCC(=O)O. The van der Waals surface area contributed by atoms with Crippen molar-refractivity contribution in [2.24, 2.45) is 0 Å². The Labute approximate surface area is 311 Å². The monoisotopic (exact) mass is 756 g/mol. The van der Waals surface area contributed by atoms with Gasteiger partial charge in [0.25, 0.3) is 0 Å². The quantitative estimate of drug-likeness (QED) is 0.147. The smallest absolute Gasteiger partial charge is 0.315 e. The van der Waals surface area contributed by atoms with Gasteiger partial charge in [-0.15, -0.1) is 57.8 Å². The number of aliphatic carboxylic acids is 9. The molecule has 0 aromatic heterocycles. The second-order valence-electron chi connectivity index (χ2n) is 6.97. The Bertz CT molecular complexity index is 1160. The predicted molar refractivity (Wildman–Crippen MR) is 190 cm³/mol. The van der Waals surface area contributed by atoms with Gasteiger partial charge in [-0.25, -0.2) is 0 Å². The van der Waals surface area contributed by atoms with Crippen LogP contribution in [0.5, 0.6) is 0 Å². The van der Waals surface area contributed by atoms with Crippen LogP contribution in [0.15, 0.2) is 0 Å². The third-order valence-corrected chi connectivity index (χ3v) is 2.28. The summed E-state index contributed by atoms with van der Waals surface area (Å²) in [6.45, 7) is 0. The fourth-order valence-corrected chi connectivity index (χ4v) is 0.786. The van der Waals surface area contributed by atoms with Crippen LogP contribution in [0, 0.1) is 111 Å². The lowest BCUT2D eigenvalue weighted by atomic mass is 10.5. The van der Waals surface area contributed by atoms with Gasteiger partial charge in [0.1, 0.15) is 57.8 Å². The Hall–Kier alpha value is -8.73. The highest BCUT2D eigenvalue weighted by molar-refractivity contribution is 5.72. The van der Waals surface area contributed by atoms with Crippen LogP contribution < -0.4 is 0 Å². The lowest BCUT2D eigenvalue weighted by molar-refractivity contribution is -0.136. The number of carboxylic acids is 9. The Morgan fingerprint density at radius 3 is 0.278 bits per heavy atom. The predicted octanol–water partition coefficient (Wildman–Crippen LogP) is 0.849. The third kappa shape index (κ3) is 232. The highest BCUT2D eigenvalue weighted by Crippen LogP contribution is 1.72. The van der Waals surface area contributed by atoms with Crippen molar-refractivity contribution in [1.82, 2.24) is 0 Å². The summed E-state index contributed by atoms with van der Waals surface area (Å²) in [5, 5.41) is 69.9. The van der Waals surface area contributed by atoms with E-state index in [1.807, 2.05) is 53.3 Å². The molecule has 0 aliphatic rings. The molecule has 18 nitrogen and oxygen atoms in total. The van der Waals surface area contributed by atoms with E-state index in [2.05, 4.69) is 57.8 Å². The fourth-order valence-electron chi connectivity index (χ4n) is 0.786. The molecule has 0 heterocycles. The Kier molecular flexibility index (Phi) is 78.7. The zero-order chi connectivity index (χ0) is 44.9. The van der Waals surface area contributed by atoms with Crippen LogP contribution in [0.3, 0.4) is 0 Å². The molecule has 0 atom stereocenters. The number of carboxylic acid groups (broad SMARTS) is 9. The summed E-state index contributed by atoms with van der Waals surface area (Å²) >= 11 is 0. The van der Waals surface area contributed by atoms with Crippen molar-refractivity contribution < 1.29 is 89.1 Å². The second-order valence-corrected chi connectivity index (χ2v) is 6.97. The van der Waals surface area contributed by atoms with Crippen LogP contribution in [0.25, 0.3) is 0 Å². The van der Waals surface area contributed by atoms with Crippen molar-refractivity contribution in [3.05, 3.63) is 0 Å². The largest absolute Gasteiger partial charge is 0.481 e. The maximum Gasteiger partial charge on any atom is 0.315 e. The Balaban J connectivity index is -0.0000000603. The summed E-state index contributed by atoms with van der Waals surface area (Å²) < 4.78 is 0. The van der Waals surface area contributed by atoms with Gasteiger partial charge in [-0.3, -0.25) is 43.2 Å². The zero-order valence-corrected chi connectivity index (χ0v) is 28.3. The summed E-state index contributed by atoms with van der Waals surface area (Å²) in [7, 11) is 0. The van der Waals surface area contributed by atoms with E-state index in [1.165, 1.54) is 0 Å². The molecular weight excluding hydrogens is 720 g/mol. The molecule has 0 amide bonds. The summed E-state index contributed by atoms with van der Waals surface area (Å²) in [4.78, 5) is 85.1. The molecule has 0 saturated carbocycles. The van der Waals surface area contributed by atoms with Crippen LogP contribution in [-0.2, 0) is 43.2 Å². The zero-order valence-electron chi connectivity index (χ0n) is 28.3. The first-order valence-electron chi connectivity index (χ1n) is 12.8. The Morgan fingerprint density at radius 1 is 0.222 bits per heavy atom. The van der Waals surface area contributed by atoms with E-state index in [-0.39, 0.29) is 57.8 Å². The van der Waals surface area contributed by atoms with Crippen LogP contribution in [0.1, 0.15) is 57.8 Å². The standard InChI is InChI=1S/9C4H4O2/c9*1-2-3-4(5)6/h9*1H,3H2,(H,5,6). The number of hydrogen-bond acceptors (Lipinski definition) is 9. The molecule has 18 heteroatoms. The van der Waals surface area contributed by atoms with Crippen molar-refractivity contribution in [2.75, 3.05) is 0 Å². The van der Waals surface area contributed by atoms with Crippen molar-refractivity contribution in [3.8, 4) is 111 Å². The third-order valence-electron chi connectivity index (χ3n) is 2.28. The summed E-state index contributed by atoms with van der Waals surface area (Å²) in [5.74, 6) is 9.19. The molecule has 0 fully saturated rings. The molecule has 54 heavy (non-hydrogen) atoms. The highest BCUT2D eigenvalue weighted by Gasteiger charge is 1.88. The summed E-state index contributed by atoms with van der Waals surface area (Å²) in [5.41, 5.74) is 0. The van der Waals surface area contributed by atoms with E-state index in [0.29, 0.717) is 0 Å². The summed E-state index contributed by atoms with van der Waals surface area (Å²) in [6, 6.07) is 0. The maximum atomic E-state index is 9.46. The molecule has 0 aromatic rings. The fraction of sp³-hybridized carbons (Fsp3) is 0.250. The molecule has 0 unspecified atom stereocenters. The van der Waals surface area contributed by atoms with Gasteiger partial charge in [-0.05, 0) is 0 Å². The van der Waals surface area contributed by atoms with Gasteiger partial charge in [0.05, 0.1) is 0 Å². The average molecular weight is 757 g/mol. The molecule has 0 spiro atoms. The van der Waals surface area contributed by atoms with E-state index < -0.39 is 53.7 Å². The summed E-state index contributed by atoms with van der Waals surface area (Å²) in [6.07, 6.45) is 39.8. The van der Waals surface area contributed by atoms with Crippen molar-refractivity contribution in [3.63, 3.8) is 0 Å². The maximum absolute atomic E-state index is 9.46. The molecule has 288 valence electrons. The molecule has 0 aliphatic heterocycles. The molecule has 0 saturated heterocycles. The van der Waals surface area contributed by atoms with Crippen molar-refractivity contribution in [2.45, 2.75) is 57.8 Å². The van der Waals surface area contributed by atoms with Gasteiger partial charge in [0, 0.05) is 0 Å². The van der Waals surface area contributed by atoms with Crippen LogP contribution in [0.2, 0.25) is 0 Å². The van der Waals surface area contributed by atoms with Gasteiger partial charge in [-0.2, -0.15) is 0 Å². The van der Waals surface area contributed by atoms with Crippen LogP contribution in [-0.4, -0.2) is 99.7 Å². The van der Waals surface area contributed by atoms with Crippen molar-refractivity contribution >= 4 is 53.7 Å². The molecule has 0 aromatic carbocycles. The van der Waals surface area contributed by atoms with E-state index in [1.54, 1.807) is 0 Å². The van der Waals surface area contributed by atoms with E-state index in [9.17, 15) is 43.2 Å². The van der Waals surface area contributed by atoms with Gasteiger partial charge in [0.15, 0.2) is 0 Å². The molecule has 0 bridgehead atoms. The van der Waals surface area contributed by atoms with Gasteiger partial charge in [0.2, 0.25) is 0 Å². The topological polar surface area (TPSA) is 336 Å². The first-order valence-corrected chi connectivity index (χ1v) is 12.8. The number of hydrogen-bond donors (Lipinski definition) is 9. The molecule has 0 rings (SSSR count). The second kappa shape index (κ2) is 63.0. The van der Waals surface area contributed by atoms with Gasteiger partial charge in [-0.1, -0.05) is 53.3 Å². The van der Waals surface area contributed by atoms with Gasteiger partial charge < -0.3 is 46.0 Å². The van der Waals surface area contributed by atoms with Crippen molar-refractivity contribution in [1.29, 1.82) is 0 Å². The first-order chi connectivity index (χ1) is 24.9. The minimum Gasteiger partial charge on any atom is -0.481 e. The normalized spacial score (nSPS) is 6.50. The highest BCUT2D eigenvalue weighted by atomic mass is 16.4. The number of terminal acetylenes is 9. The molecular formula is C36H36O18.